The van der Waals surface area contributed by atoms with Crippen molar-refractivity contribution in [2.45, 2.75) is 77.7 Å². The minimum Gasteiger partial charge on any atom is -0.504 e. The number of nitrogens with zero attached hydrogens (tertiary/aromatic N) is 4. The smallest absolute Gasteiger partial charge is 0.169 e. The Morgan fingerprint density at radius 3 is 1.08 bits per heavy atom. The third kappa shape index (κ3) is 20.5. The van der Waals surface area contributed by atoms with Crippen LogP contribution in [0.2, 0.25) is 10.0 Å². The summed E-state index contributed by atoms with van der Waals surface area (Å²) in [6, 6.07) is 46.4. The van der Waals surface area contributed by atoms with Gasteiger partial charge in [0.05, 0.1) is 14.2 Å². The Morgan fingerprint density at radius 2 is 0.732 bits per heavy atom. The van der Waals surface area contributed by atoms with Crippen LogP contribution in [-0.2, 0) is 77.7 Å². The van der Waals surface area contributed by atoms with Gasteiger partial charge < -0.3 is 81.0 Å². The number of methoxy groups -OCH3 is 2. The summed E-state index contributed by atoms with van der Waals surface area (Å²) in [6.45, 7) is 8.63. The predicted molar refractivity (Wildman–Crippen MR) is 409 cm³/mol. The molecular formula is C73H78Br2Cl2N8O8S4. The number of hydrogen-bond donors (Lipinski definition) is 10. The van der Waals surface area contributed by atoms with Gasteiger partial charge in [-0.2, -0.15) is 0 Å². The van der Waals surface area contributed by atoms with E-state index >= 15 is 0 Å². The second kappa shape index (κ2) is 35.8. The molecule has 0 radical (unpaired) electrons. The van der Waals surface area contributed by atoms with E-state index < -0.39 is 0 Å². The van der Waals surface area contributed by atoms with Crippen LogP contribution in [0.25, 0.3) is 0 Å². The van der Waals surface area contributed by atoms with Gasteiger partial charge in [0.2, 0.25) is 0 Å². The Balaban J connectivity index is 0.000000152. The summed E-state index contributed by atoms with van der Waals surface area (Å²) in [5.41, 5.74) is 12.6. The highest BCUT2D eigenvalue weighted by Gasteiger charge is 2.27. The molecule has 4 aliphatic rings. The summed E-state index contributed by atoms with van der Waals surface area (Å²) in [4.78, 5) is 8.42. The van der Waals surface area contributed by atoms with Crippen LogP contribution >= 0.6 is 104 Å². The number of hydrogen-bond acceptors (Lipinski definition) is 12. The van der Waals surface area contributed by atoms with Crippen molar-refractivity contribution >= 4 is 124 Å². The Bertz CT molecular complexity index is 3940. The molecule has 0 aliphatic carbocycles. The summed E-state index contributed by atoms with van der Waals surface area (Å²) in [7, 11) is 3.14. The molecule has 0 amide bonds. The fourth-order valence-electron chi connectivity index (χ4n) is 11.7. The molecule has 8 aromatic rings. The molecule has 24 heteroatoms. The number of phenolic OH excluding ortho intramolecular Hbond substituents is 6. The number of nitrogens with one attached hydrogen (secondary N) is 4. The molecule has 0 saturated carbocycles. The van der Waals surface area contributed by atoms with E-state index in [9.17, 15) is 30.6 Å². The van der Waals surface area contributed by atoms with Crippen molar-refractivity contribution in [1.82, 2.24) is 40.9 Å². The number of fused-ring (bicyclic) bond motifs is 4. The minimum atomic E-state index is -0.0705. The highest BCUT2D eigenvalue weighted by molar-refractivity contribution is 9.10. The summed E-state index contributed by atoms with van der Waals surface area (Å²) >= 11 is 40.8. The topological polar surface area (TPSA) is 201 Å². The number of thiocarbonyl (C=S) groups is 4. The lowest BCUT2D eigenvalue weighted by atomic mass is 9.98. The molecule has 8 aromatic carbocycles. The summed E-state index contributed by atoms with van der Waals surface area (Å²) in [5, 5.41) is 77.1. The third-order valence-corrected chi connectivity index (χ3v) is 20.3. The van der Waals surface area contributed by atoms with Crippen LogP contribution in [0.3, 0.4) is 0 Å². The first kappa shape index (κ1) is 73.7. The van der Waals surface area contributed by atoms with Crippen molar-refractivity contribution in [2.24, 2.45) is 0 Å². The van der Waals surface area contributed by atoms with Gasteiger partial charge in [0.1, 0.15) is 0 Å². The number of benzene rings is 8. The van der Waals surface area contributed by atoms with Gasteiger partial charge in [-0.05, 0) is 211 Å². The zero-order valence-electron chi connectivity index (χ0n) is 53.7. The second-order valence-corrected chi connectivity index (χ2v) is 27.7. The van der Waals surface area contributed by atoms with E-state index in [4.69, 9.17) is 81.5 Å². The molecular weight excluding hydrogens is 1480 g/mol. The van der Waals surface area contributed by atoms with Gasteiger partial charge in [-0.3, -0.25) is 0 Å². The molecule has 0 fully saturated rings. The molecule has 97 heavy (non-hydrogen) atoms. The number of rotatable bonds is 13. The average molecular weight is 1550 g/mol. The van der Waals surface area contributed by atoms with Gasteiger partial charge in [0.15, 0.2) is 66.4 Å². The number of phenols is 6. The van der Waals surface area contributed by atoms with Gasteiger partial charge in [-0.25, -0.2) is 0 Å². The predicted octanol–water partition coefficient (Wildman–Crippen LogP) is 13.7. The molecule has 16 nitrogen and oxygen atoms in total. The molecule has 4 aliphatic heterocycles. The molecule has 510 valence electrons. The maximum Gasteiger partial charge on any atom is 0.169 e. The lowest BCUT2D eigenvalue weighted by Crippen LogP contribution is -2.43. The maximum absolute atomic E-state index is 10.3. The molecule has 0 atom stereocenters. The van der Waals surface area contributed by atoms with Crippen LogP contribution in [0.1, 0.15) is 66.8 Å². The monoisotopic (exact) mass is 1550 g/mol. The Labute approximate surface area is 615 Å². The van der Waals surface area contributed by atoms with Crippen LogP contribution < -0.4 is 30.7 Å². The largest absolute Gasteiger partial charge is 0.504 e. The van der Waals surface area contributed by atoms with Crippen molar-refractivity contribution in [3.63, 3.8) is 0 Å². The fourth-order valence-corrected chi connectivity index (χ4v) is 13.5. The standard InChI is InChI=1S/C19H21BrN2O2S.C19H21ClN2O2S.C18H19BrN2O2S.C17H17ClN2O2S/c2*1-24-17-7-4-14-12-22(11-9-16(14)18(17)23)19(25)21-10-8-13-2-5-15(20)6-3-13;19-14-4-1-12(2-5-14)7-9-20-18(24)21-10-8-15-13(11-21)3-6-16(22)17(15)23;18-13-3-1-2-11(8-13)9-19-17(23)20-7-6-14-12(10-20)4-5-15(21)16(14)22/h2*2-7,23H,8-12H2,1H3,(H,21,25);1-6,22-23H,7-11H2,(H,20,24);1-5,8,21-22H,6-7,9-10H2,(H,19,23). The van der Waals surface area contributed by atoms with Gasteiger partial charge in [0.25, 0.3) is 0 Å². The highest BCUT2D eigenvalue weighted by Crippen LogP contribution is 2.39. The molecule has 0 saturated heterocycles. The first-order valence-corrected chi connectivity index (χ1v) is 35.6. The molecule has 12 rings (SSSR count). The average Bonchev–Trinajstić information content (AvgIpc) is 0.859. The van der Waals surface area contributed by atoms with E-state index in [1.54, 1.807) is 20.3 Å². The first-order valence-electron chi connectivity index (χ1n) is 31.6. The molecule has 0 spiro atoms. The van der Waals surface area contributed by atoms with Crippen LogP contribution in [-0.4, -0.2) is 131 Å². The van der Waals surface area contributed by atoms with Gasteiger partial charge >= 0.3 is 0 Å². The fraction of sp³-hybridized carbons (Fsp3) is 0.288. The van der Waals surface area contributed by atoms with E-state index in [1.807, 2.05) is 91.0 Å². The third-order valence-electron chi connectivity index (χ3n) is 17.1. The van der Waals surface area contributed by atoms with E-state index in [0.717, 1.165) is 151 Å². The Morgan fingerprint density at radius 1 is 0.402 bits per heavy atom. The lowest BCUT2D eigenvalue weighted by Gasteiger charge is -2.31. The van der Waals surface area contributed by atoms with Crippen molar-refractivity contribution in [3.05, 3.63) is 231 Å². The second-order valence-electron chi connectivity index (χ2n) is 23.5. The molecule has 10 N–H and O–H groups in total. The minimum absolute atomic E-state index is 0.00117. The molecule has 0 bridgehead atoms. The zero-order valence-corrected chi connectivity index (χ0v) is 61.7. The van der Waals surface area contributed by atoms with Crippen LogP contribution in [0.5, 0.6) is 46.0 Å². The van der Waals surface area contributed by atoms with E-state index in [-0.39, 0.29) is 34.5 Å². The van der Waals surface area contributed by atoms with Gasteiger partial charge in [0, 0.05) is 120 Å². The van der Waals surface area contributed by atoms with Crippen LogP contribution in [0.15, 0.2) is 155 Å². The molecule has 0 unspecified atom stereocenters. The van der Waals surface area contributed by atoms with Crippen LogP contribution in [0.4, 0.5) is 0 Å². The van der Waals surface area contributed by atoms with Crippen molar-refractivity contribution in [2.75, 3.05) is 60.0 Å². The van der Waals surface area contributed by atoms with Crippen molar-refractivity contribution in [3.8, 4) is 46.0 Å². The summed E-state index contributed by atoms with van der Waals surface area (Å²) in [6.07, 6.45) is 5.55. The van der Waals surface area contributed by atoms with Gasteiger partial charge in [-0.1, -0.05) is 128 Å². The highest BCUT2D eigenvalue weighted by atomic mass is 79.9. The van der Waals surface area contributed by atoms with Crippen molar-refractivity contribution in [1.29, 1.82) is 0 Å². The normalized spacial score (nSPS) is 13.4. The van der Waals surface area contributed by atoms with E-state index in [2.05, 4.69) is 109 Å². The van der Waals surface area contributed by atoms with E-state index in [1.165, 1.54) is 28.8 Å². The first-order chi connectivity index (χ1) is 46.7. The Kier molecular flexibility index (Phi) is 27.2. The summed E-state index contributed by atoms with van der Waals surface area (Å²) in [5.74, 6) is 1.42. The Hall–Kier alpha value is -7.54. The number of ether oxygens (including phenoxy) is 2. The van der Waals surface area contributed by atoms with Crippen molar-refractivity contribution < 1.29 is 40.1 Å². The van der Waals surface area contributed by atoms with Crippen LogP contribution in [0, 0.1) is 0 Å². The van der Waals surface area contributed by atoms with E-state index in [0.29, 0.717) is 73.7 Å². The number of aromatic hydroxyl groups is 6. The maximum atomic E-state index is 10.3. The number of halogens is 4. The SMILES string of the molecule is COc1ccc2c(c1O)CCN(C(=S)NCCc1ccc(Br)cc1)C2.COc1ccc2c(c1O)CCN(C(=S)NCCc1ccc(Cl)cc1)C2.Oc1ccc2c(c1O)CCN(C(=S)NCCc1ccc(Br)cc1)C2.Oc1ccc2c(c1O)CCN(C(=S)NCc1cccc(Cl)c1)C2. The molecule has 0 aromatic heterocycles. The lowest BCUT2D eigenvalue weighted by molar-refractivity contribution is 0.351. The van der Waals surface area contributed by atoms with Gasteiger partial charge in [-0.15, -0.1) is 0 Å². The summed E-state index contributed by atoms with van der Waals surface area (Å²) < 4.78 is 12.5. The molecule has 4 heterocycles. The zero-order chi connectivity index (χ0) is 69.1. The quantitative estimate of drug-likeness (QED) is 0.0386.